The molecule has 10 nitrogen and oxygen atoms in total. The van der Waals surface area contributed by atoms with Crippen molar-refractivity contribution in [2.24, 2.45) is 5.92 Å². The summed E-state index contributed by atoms with van der Waals surface area (Å²) >= 11 is 19.3. The number of β-lactam (4-membered cyclic amide) rings is 1. The Kier molecular flexibility index (Phi) is 11.6. The van der Waals surface area contributed by atoms with E-state index in [2.05, 4.69) is 18.5 Å². The largest absolute Gasteiger partial charge is 0.508 e. The molecule has 15 heteroatoms. The van der Waals surface area contributed by atoms with Crippen molar-refractivity contribution in [1.29, 1.82) is 0 Å². The minimum Gasteiger partial charge on any atom is -0.457 e. The molecule has 0 radical (unpaired) electrons. The second-order valence-electron chi connectivity index (χ2n) is 7.36. The van der Waals surface area contributed by atoms with Crippen molar-refractivity contribution in [3.8, 4) is 0 Å². The molecule has 1 saturated heterocycles. The lowest BCUT2D eigenvalue weighted by molar-refractivity contribution is -0.158. The van der Waals surface area contributed by atoms with E-state index < -0.39 is 58.0 Å². The summed E-state index contributed by atoms with van der Waals surface area (Å²) in [4.78, 5) is 51.9. The Balaban J connectivity index is 2.24. The summed E-state index contributed by atoms with van der Waals surface area (Å²) in [6, 6.07) is -0.668. The topological polar surface area (TPSA) is 120 Å². The van der Waals surface area contributed by atoms with Gasteiger partial charge in [0.15, 0.2) is 0 Å². The first-order valence-electron chi connectivity index (χ1n) is 10.4. The number of hydrogen-bond donors (Lipinski definition) is 1. The van der Waals surface area contributed by atoms with Crippen molar-refractivity contribution in [2.75, 3.05) is 31.8 Å². The molecule has 1 N–H and O–H groups in total. The van der Waals surface area contributed by atoms with Gasteiger partial charge in [0.2, 0.25) is 9.70 Å². The molecule has 0 aromatic carbocycles. The van der Waals surface area contributed by atoms with Crippen LogP contribution >= 0.6 is 58.3 Å². The van der Waals surface area contributed by atoms with E-state index in [0.717, 1.165) is 0 Å². The molecule has 4 atom stereocenters. The molecule has 1 unspecified atom stereocenters. The van der Waals surface area contributed by atoms with Crippen LogP contribution in [0.3, 0.4) is 0 Å². The number of halogens is 3. The van der Waals surface area contributed by atoms with Gasteiger partial charge in [-0.2, -0.15) is 11.8 Å². The Morgan fingerprint density at radius 2 is 1.83 bits per heavy atom. The molecule has 0 aromatic heterocycles. The number of alkyl carbamates (subject to hydrolysis) is 1. The molecule has 0 saturated carbocycles. The number of carbonyl (C=O) groups is 4. The van der Waals surface area contributed by atoms with Gasteiger partial charge in [-0.3, -0.25) is 9.69 Å². The van der Waals surface area contributed by atoms with Gasteiger partial charge in [0.05, 0.1) is 6.04 Å². The zero-order valence-electron chi connectivity index (χ0n) is 19.4. The fourth-order valence-corrected chi connectivity index (χ4v) is 5.82. The standard InChI is InChI=1S/C21H25Cl3N2O8S2/c1-5-7-31-18(28)14-15(12(9-35-4)25-19(29)32-8-6-2)36-17-13(16(27)26(14)17)11(3)34-20(30)33-10-21(22,23)24/h5-6,11-13,17H,1-2,7-10H2,3-4H3,(H,25,29)/t11?,12-,13+,17-/m1/s1. The van der Waals surface area contributed by atoms with Crippen LogP contribution in [0.25, 0.3) is 0 Å². The maximum absolute atomic E-state index is 13.1. The van der Waals surface area contributed by atoms with Gasteiger partial charge in [-0.05, 0) is 13.2 Å². The number of thioether (sulfide) groups is 2. The summed E-state index contributed by atoms with van der Waals surface area (Å²) in [6.45, 7) is 7.90. The monoisotopic (exact) mass is 602 g/mol. The average Bonchev–Trinajstić information content (AvgIpc) is 3.14. The summed E-state index contributed by atoms with van der Waals surface area (Å²) in [5.74, 6) is -1.65. The van der Waals surface area contributed by atoms with Crippen LogP contribution in [0.4, 0.5) is 9.59 Å². The maximum atomic E-state index is 13.1. The van der Waals surface area contributed by atoms with Crippen LogP contribution in [0.15, 0.2) is 35.9 Å². The summed E-state index contributed by atoms with van der Waals surface area (Å²) < 4.78 is 18.3. The Bertz CT molecular complexity index is 927. The highest BCUT2D eigenvalue weighted by molar-refractivity contribution is 8.04. The SMILES string of the molecule is C=CCOC(=O)N[C@H](CSC)C1=C(C(=O)OCC=C)N2C(=O)[C@H](C(C)OC(=O)OCC(Cl)(Cl)Cl)[C@H]2S1. The quantitative estimate of drug-likeness (QED) is 0.115. The Labute approximate surface area is 232 Å². The molecule has 2 rings (SSSR count). The number of nitrogens with zero attached hydrogens (tertiary/aromatic N) is 1. The second-order valence-corrected chi connectivity index (χ2v) is 11.9. The van der Waals surface area contributed by atoms with Crippen molar-refractivity contribution in [1.82, 2.24) is 10.2 Å². The van der Waals surface area contributed by atoms with Gasteiger partial charge in [-0.15, -0.1) is 0 Å². The molecule has 0 aliphatic carbocycles. The molecule has 1 fully saturated rings. The highest BCUT2D eigenvalue weighted by Crippen LogP contribution is 2.52. The van der Waals surface area contributed by atoms with Crippen LogP contribution in [0.1, 0.15) is 6.92 Å². The number of amides is 2. The summed E-state index contributed by atoms with van der Waals surface area (Å²) in [5, 5.41) is 2.12. The number of fused-ring (bicyclic) bond motifs is 1. The van der Waals surface area contributed by atoms with Crippen molar-refractivity contribution >= 4 is 82.5 Å². The molecule has 2 aliphatic rings. The minimum atomic E-state index is -1.82. The molecule has 0 bridgehead atoms. The molecular weight excluding hydrogens is 579 g/mol. The molecule has 36 heavy (non-hydrogen) atoms. The molecule has 0 spiro atoms. The third kappa shape index (κ3) is 7.88. The summed E-state index contributed by atoms with van der Waals surface area (Å²) in [6.07, 6.45) is 1.87. The Hall–Kier alpha value is -1.73. The van der Waals surface area contributed by atoms with Gasteiger partial charge < -0.3 is 24.3 Å². The fourth-order valence-electron chi connectivity index (χ4n) is 3.30. The van der Waals surface area contributed by atoms with E-state index >= 15 is 0 Å². The van der Waals surface area contributed by atoms with Gasteiger partial charge in [-0.25, -0.2) is 14.4 Å². The highest BCUT2D eigenvalue weighted by Gasteiger charge is 2.59. The maximum Gasteiger partial charge on any atom is 0.508 e. The number of alkyl halides is 3. The zero-order valence-corrected chi connectivity index (χ0v) is 23.3. The number of carbonyl (C=O) groups excluding carboxylic acids is 4. The number of esters is 1. The van der Waals surface area contributed by atoms with Crippen LogP contribution in [0.5, 0.6) is 0 Å². The predicted molar refractivity (Wildman–Crippen MR) is 139 cm³/mol. The smallest absolute Gasteiger partial charge is 0.457 e. The molecule has 2 aliphatic heterocycles. The lowest BCUT2D eigenvalue weighted by Crippen LogP contribution is -2.61. The van der Waals surface area contributed by atoms with Crippen molar-refractivity contribution in [2.45, 2.75) is 28.2 Å². The van der Waals surface area contributed by atoms with E-state index in [-0.39, 0.29) is 18.9 Å². The van der Waals surface area contributed by atoms with Crippen LogP contribution < -0.4 is 5.32 Å². The average molecular weight is 604 g/mol. The molecule has 0 aromatic rings. The number of rotatable bonds is 12. The van der Waals surface area contributed by atoms with Crippen LogP contribution in [0.2, 0.25) is 0 Å². The first kappa shape index (κ1) is 30.5. The van der Waals surface area contributed by atoms with Crippen LogP contribution in [-0.2, 0) is 28.5 Å². The van der Waals surface area contributed by atoms with Gasteiger partial charge in [0.25, 0.3) is 0 Å². The Morgan fingerprint density at radius 3 is 2.42 bits per heavy atom. The predicted octanol–water partition coefficient (Wildman–Crippen LogP) is 4.01. The van der Waals surface area contributed by atoms with E-state index in [1.54, 1.807) is 0 Å². The third-order valence-electron chi connectivity index (χ3n) is 4.75. The number of ether oxygens (including phenoxy) is 4. The van der Waals surface area contributed by atoms with Gasteiger partial charge in [-0.1, -0.05) is 71.9 Å². The summed E-state index contributed by atoms with van der Waals surface area (Å²) in [5.41, 5.74) is 0.00199. The molecule has 200 valence electrons. The summed E-state index contributed by atoms with van der Waals surface area (Å²) in [7, 11) is 0. The van der Waals surface area contributed by atoms with Crippen molar-refractivity contribution < 1.29 is 38.1 Å². The van der Waals surface area contributed by atoms with E-state index in [0.29, 0.717) is 10.7 Å². The highest BCUT2D eigenvalue weighted by atomic mass is 35.6. The zero-order chi connectivity index (χ0) is 27.0. The van der Waals surface area contributed by atoms with Crippen LogP contribution in [-0.4, -0.2) is 82.2 Å². The third-order valence-corrected chi connectivity index (χ3v) is 7.22. The number of hydrogen-bond acceptors (Lipinski definition) is 10. The fraction of sp³-hybridized carbons (Fsp3) is 0.524. The van der Waals surface area contributed by atoms with Gasteiger partial charge in [0, 0.05) is 10.7 Å². The molecule has 2 amide bonds. The minimum absolute atomic E-state index is 0.00199. The first-order chi connectivity index (χ1) is 16.9. The van der Waals surface area contributed by atoms with E-state index in [9.17, 15) is 19.2 Å². The number of nitrogens with one attached hydrogen (secondary N) is 1. The van der Waals surface area contributed by atoms with E-state index in [1.165, 1.54) is 47.5 Å². The van der Waals surface area contributed by atoms with Gasteiger partial charge in [0.1, 0.15) is 42.9 Å². The van der Waals surface area contributed by atoms with Crippen molar-refractivity contribution in [3.63, 3.8) is 0 Å². The van der Waals surface area contributed by atoms with Gasteiger partial charge >= 0.3 is 18.2 Å². The van der Waals surface area contributed by atoms with E-state index in [1.807, 2.05) is 6.26 Å². The lowest BCUT2D eigenvalue weighted by Gasteiger charge is -2.44. The van der Waals surface area contributed by atoms with Crippen LogP contribution in [0, 0.1) is 5.92 Å². The normalized spacial score (nSPS) is 20.5. The van der Waals surface area contributed by atoms with E-state index in [4.69, 9.17) is 53.8 Å². The first-order valence-corrected chi connectivity index (χ1v) is 13.8. The Morgan fingerprint density at radius 1 is 1.19 bits per heavy atom. The second kappa shape index (κ2) is 13.7. The van der Waals surface area contributed by atoms with Crippen molar-refractivity contribution in [3.05, 3.63) is 35.9 Å². The molecule has 2 heterocycles. The molecular formula is C21H25Cl3N2O8S2. The lowest BCUT2D eigenvalue weighted by atomic mass is 9.92.